The molecular weight excluding hydrogens is 452 g/mol. The van der Waals surface area contributed by atoms with Gasteiger partial charge in [0, 0.05) is 23.7 Å². The van der Waals surface area contributed by atoms with E-state index in [4.69, 9.17) is 0 Å². The van der Waals surface area contributed by atoms with E-state index in [1.165, 1.54) is 6.08 Å². The van der Waals surface area contributed by atoms with Crippen molar-refractivity contribution in [1.82, 2.24) is 0 Å². The van der Waals surface area contributed by atoms with E-state index < -0.39 is 63.8 Å². The average Bonchev–Trinajstić information content (AvgIpc) is 3.03. The second-order valence-corrected chi connectivity index (χ2v) is 13.0. The highest BCUT2D eigenvalue weighted by atomic mass is 16.3. The van der Waals surface area contributed by atoms with Gasteiger partial charge in [-0.25, -0.2) is 0 Å². The number of carbonyl (C=O) groups is 1. The Bertz CT molecular complexity index is 900. The molecule has 4 aliphatic rings. The molecule has 200 valence electrons. The maximum Gasteiger partial charge on any atom is 0.187 e. The maximum atomic E-state index is 13.3. The van der Waals surface area contributed by atoms with Gasteiger partial charge < -0.3 is 35.7 Å². The minimum atomic E-state index is -1.82. The SMILES string of the molecule is CC(C)C(O)C[C@@H](O)C(C)(O)C1CC[C@@]2(O)C3=CC(=O)C4(O)CC(O)C(O)CC4(C)C3CCC12C. The number of aliphatic hydroxyl groups excluding tert-OH is 4. The van der Waals surface area contributed by atoms with Crippen LogP contribution in [0.2, 0.25) is 0 Å². The molecule has 0 radical (unpaired) electrons. The molecule has 3 fully saturated rings. The van der Waals surface area contributed by atoms with E-state index in [-0.39, 0.29) is 31.1 Å². The lowest BCUT2D eigenvalue weighted by Crippen LogP contribution is -2.69. The Morgan fingerprint density at radius 3 is 2.20 bits per heavy atom. The van der Waals surface area contributed by atoms with Gasteiger partial charge in [0.2, 0.25) is 0 Å². The summed E-state index contributed by atoms with van der Waals surface area (Å²) in [5.74, 6) is -1.50. The number of hydrogen-bond donors (Lipinski definition) is 7. The number of carbonyl (C=O) groups excluding carboxylic acids is 1. The molecule has 3 saturated carbocycles. The highest BCUT2D eigenvalue weighted by Gasteiger charge is 2.71. The minimum absolute atomic E-state index is 0.0187. The summed E-state index contributed by atoms with van der Waals surface area (Å²) in [5, 5.41) is 77.2. The van der Waals surface area contributed by atoms with Crippen LogP contribution >= 0.6 is 0 Å². The molecule has 8 heteroatoms. The van der Waals surface area contributed by atoms with Gasteiger partial charge in [0.05, 0.1) is 35.6 Å². The zero-order valence-corrected chi connectivity index (χ0v) is 21.6. The lowest BCUT2D eigenvalue weighted by Gasteiger charge is -2.62. The first kappa shape index (κ1) is 27.2. The van der Waals surface area contributed by atoms with Crippen LogP contribution in [0, 0.1) is 28.6 Å². The molecule has 0 aromatic heterocycles. The van der Waals surface area contributed by atoms with Crippen LogP contribution < -0.4 is 0 Å². The molecule has 0 heterocycles. The first-order chi connectivity index (χ1) is 16.0. The fourth-order valence-electron chi connectivity index (χ4n) is 8.26. The van der Waals surface area contributed by atoms with Crippen molar-refractivity contribution in [1.29, 1.82) is 0 Å². The summed E-state index contributed by atoms with van der Waals surface area (Å²) in [6.45, 7) is 8.92. The Kier molecular flexibility index (Phi) is 6.46. The Morgan fingerprint density at radius 1 is 1.00 bits per heavy atom. The van der Waals surface area contributed by atoms with E-state index in [0.29, 0.717) is 31.3 Å². The molecule has 35 heavy (non-hydrogen) atoms. The molecule has 8 nitrogen and oxygen atoms in total. The second kappa shape index (κ2) is 8.32. The summed E-state index contributed by atoms with van der Waals surface area (Å²) in [7, 11) is 0. The van der Waals surface area contributed by atoms with Crippen molar-refractivity contribution in [3.05, 3.63) is 11.6 Å². The smallest absolute Gasteiger partial charge is 0.187 e. The van der Waals surface area contributed by atoms with E-state index in [1.54, 1.807) is 13.8 Å². The molecule has 0 aromatic rings. The second-order valence-electron chi connectivity index (χ2n) is 13.0. The average molecular weight is 497 g/mol. The number of aliphatic hydroxyl groups is 7. The van der Waals surface area contributed by atoms with Crippen molar-refractivity contribution >= 4 is 5.78 Å². The number of ketones is 1. The first-order valence-corrected chi connectivity index (χ1v) is 13.1. The van der Waals surface area contributed by atoms with Crippen LogP contribution in [0.25, 0.3) is 0 Å². The van der Waals surface area contributed by atoms with Crippen LogP contribution in [0.3, 0.4) is 0 Å². The van der Waals surface area contributed by atoms with Crippen molar-refractivity contribution in [3.63, 3.8) is 0 Å². The third kappa shape index (κ3) is 3.55. The van der Waals surface area contributed by atoms with Crippen LogP contribution in [-0.4, -0.2) is 82.7 Å². The van der Waals surface area contributed by atoms with E-state index in [9.17, 15) is 40.5 Å². The molecule has 4 aliphatic carbocycles. The Labute approximate surface area is 207 Å². The lowest BCUT2D eigenvalue weighted by molar-refractivity contribution is -0.212. The van der Waals surface area contributed by atoms with Crippen LogP contribution in [0.1, 0.15) is 79.6 Å². The topological polar surface area (TPSA) is 159 Å². The minimum Gasteiger partial charge on any atom is -0.393 e. The molecule has 11 atom stereocenters. The molecule has 0 saturated heterocycles. The molecule has 9 unspecified atom stereocenters. The van der Waals surface area contributed by atoms with Crippen molar-refractivity contribution in [2.24, 2.45) is 28.6 Å². The third-order valence-corrected chi connectivity index (χ3v) is 10.9. The fourth-order valence-corrected chi connectivity index (χ4v) is 8.26. The van der Waals surface area contributed by atoms with Gasteiger partial charge in [0.25, 0.3) is 0 Å². The van der Waals surface area contributed by atoms with Gasteiger partial charge >= 0.3 is 0 Å². The monoisotopic (exact) mass is 496 g/mol. The van der Waals surface area contributed by atoms with Crippen LogP contribution in [0.5, 0.6) is 0 Å². The summed E-state index contributed by atoms with van der Waals surface area (Å²) < 4.78 is 0. The Hall–Kier alpha value is -0.870. The Morgan fingerprint density at radius 2 is 1.60 bits per heavy atom. The molecular formula is C27H44O8. The molecule has 0 amide bonds. The van der Waals surface area contributed by atoms with E-state index in [0.717, 1.165) is 0 Å². The Balaban J connectivity index is 1.71. The molecule has 0 bridgehead atoms. The maximum absolute atomic E-state index is 13.3. The lowest BCUT2D eigenvalue weighted by atomic mass is 9.44. The highest BCUT2D eigenvalue weighted by molar-refractivity contribution is 6.00. The zero-order chi connectivity index (χ0) is 26.4. The third-order valence-electron chi connectivity index (χ3n) is 10.9. The predicted molar refractivity (Wildman–Crippen MR) is 128 cm³/mol. The summed E-state index contributed by atoms with van der Waals surface area (Å²) in [4.78, 5) is 13.3. The van der Waals surface area contributed by atoms with Gasteiger partial charge in [-0.2, -0.15) is 0 Å². The largest absolute Gasteiger partial charge is 0.393 e. The quantitative estimate of drug-likeness (QED) is 0.295. The first-order valence-electron chi connectivity index (χ1n) is 13.1. The van der Waals surface area contributed by atoms with Gasteiger partial charge in [0.15, 0.2) is 5.78 Å². The van der Waals surface area contributed by atoms with Crippen LogP contribution in [0.15, 0.2) is 11.6 Å². The van der Waals surface area contributed by atoms with E-state index in [2.05, 4.69) is 0 Å². The molecule has 7 N–H and O–H groups in total. The van der Waals surface area contributed by atoms with Gasteiger partial charge in [-0.3, -0.25) is 4.79 Å². The van der Waals surface area contributed by atoms with Crippen LogP contribution in [-0.2, 0) is 4.79 Å². The number of hydrogen-bond acceptors (Lipinski definition) is 8. The molecule has 0 aromatic carbocycles. The normalized spacial score (nSPS) is 48.9. The summed E-state index contributed by atoms with van der Waals surface area (Å²) in [6, 6.07) is 0. The molecule has 4 rings (SSSR count). The van der Waals surface area contributed by atoms with Gasteiger partial charge in [-0.15, -0.1) is 0 Å². The van der Waals surface area contributed by atoms with Crippen molar-refractivity contribution in [2.75, 3.05) is 0 Å². The summed E-state index contributed by atoms with van der Waals surface area (Å²) in [5.41, 5.74) is -6.19. The van der Waals surface area contributed by atoms with Crippen molar-refractivity contribution in [3.8, 4) is 0 Å². The molecule has 0 spiro atoms. The zero-order valence-electron chi connectivity index (χ0n) is 21.6. The van der Waals surface area contributed by atoms with Gasteiger partial charge in [0.1, 0.15) is 5.60 Å². The highest BCUT2D eigenvalue weighted by Crippen LogP contribution is 2.69. The molecule has 0 aliphatic heterocycles. The summed E-state index contributed by atoms with van der Waals surface area (Å²) in [6.07, 6.45) is -1.34. The fraction of sp³-hybridized carbons (Fsp3) is 0.889. The number of fused-ring (bicyclic) bond motifs is 5. The van der Waals surface area contributed by atoms with Crippen LogP contribution in [0.4, 0.5) is 0 Å². The number of rotatable bonds is 5. The van der Waals surface area contributed by atoms with Crippen molar-refractivity contribution < 1.29 is 40.5 Å². The predicted octanol–water partition coefficient (Wildman–Crippen LogP) is 0.825. The van der Waals surface area contributed by atoms with Crippen molar-refractivity contribution in [2.45, 2.75) is 121 Å². The standard InChI is InChI=1S/C27H44O8/c1-14(2)17(28)11-21(31)25(5,33)20-7-9-26(34)16-10-22(32)27(35)13-19(30)18(29)12-24(27,4)15(16)6-8-23(20,26)3/h10,14-15,17-21,28-31,33-35H,6-9,11-13H2,1-5H3/t15?,17?,18?,19?,20?,21-,23?,24?,25?,26-,27?/m1/s1. The van der Waals surface area contributed by atoms with Gasteiger partial charge in [-0.05, 0) is 68.4 Å². The van der Waals surface area contributed by atoms with E-state index in [1.807, 2.05) is 20.8 Å². The van der Waals surface area contributed by atoms with E-state index >= 15 is 0 Å². The summed E-state index contributed by atoms with van der Waals surface area (Å²) >= 11 is 0. The van der Waals surface area contributed by atoms with Gasteiger partial charge in [-0.1, -0.05) is 27.7 Å².